The van der Waals surface area contributed by atoms with Crippen LogP contribution in [-0.4, -0.2) is 26.0 Å². The summed E-state index contributed by atoms with van der Waals surface area (Å²) in [7, 11) is -4.12. The zero-order valence-electron chi connectivity index (χ0n) is 11.7. The van der Waals surface area contributed by atoms with E-state index in [2.05, 4.69) is 0 Å². The number of carboxylic acid groups (broad SMARTS) is 1. The van der Waals surface area contributed by atoms with Gasteiger partial charge in [-0.25, -0.2) is 17.6 Å². The molecule has 1 N–H and O–H groups in total. The summed E-state index contributed by atoms with van der Waals surface area (Å²) in [6.07, 6.45) is 0. The van der Waals surface area contributed by atoms with Crippen LogP contribution in [-0.2, 0) is 10.0 Å². The standard InChI is InChI=1S/C15H11FN2O4S/c16-12-2-1-3-13(10-12)18(9-8-17)23(21,22)14-6-4-11(5-7-14)15(19)20/h1-7,10H,9H2,(H,19,20). The second kappa shape index (κ2) is 6.46. The largest absolute Gasteiger partial charge is 0.478 e. The monoisotopic (exact) mass is 334 g/mol. The number of aromatic carboxylic acids is 1. The van der Waals surface area contributed by atoms with Crippen LogP contribution < -0.4 is 4.31 Å². The summed E-state index contributed by atoms with van der Waals surface area (Å²) < 4.78 is 39.3. The number of carboxylic acids is 1. The summed E-state index contributed by atoms with van der Waals surface area (Å²) >= 11 is 0. The summed E-state index contributed by atoms with van der Waals surface area (Å²) in [6.45, 7) is -0.507. The maximum absolute atomic E-state index is 13.3. The highest BCUT2D eigenvalue weighted by molar-refractivity contribution is 7.92. The Kier molecular flexibility index (Phi) is 4.62. The van der Waals surface area contributed by atoms with Gasteiger partial charge in [-0.05, 0) is 42.5 Å². The van der Waals surface area contributed by atoms with Crippen molar-refractivity contribution in [2.24, 2.45) is 0 Å². The molecule has 23 heavy (non-hydrogen) atoms. The van der Waals surface area contributed by atoms with Gasteiger partial charge in [0.2, 0.25) is 0 Å². The lowest BCUT2D eigenvalue weighted by Gasteiger charge is -2.21. The zero-order valence-corrected chi connectivity index (χ0v) is 12.5. The van der Waals surface area contributed by atoms with Gasteiger partial charge in [-0.15, -0.1) is 0 Å². The van der Waals surface area contributed by atoms with Crippen molar-refractivity contribution in [2.45, 2.75) is 4.90 Å². The second-order valence-electron chi connectivity index (χ2n) is 4.48. The minimum atomic E-state index is -4.12. The zero-order chi connectivity index (χ0) is 17.0. The van der Waals surface area contributed by atoms with Gasteiger partial charge in [-0.2, -0.15) is 5.26 Å². The predicted octanol–water partition coefficient (Wildman–Crippen LogP) is 2.24. The third-order valence-electron chi connectivity index (χ3n) is 3.00. The van der Waals surface area contributed by atoms with Crippen LogP contribution in [0.3, 0.4) is 0 Å². The highest BCUT2D eigenvalue weighted by Gasteiger charge is 2.25. The van der Waals surface area contributed by atoms with E-state index in [0.717, 1.165) is 40.7 Å². The fourth-order valence-electron chi connectivity index (χ4n) is 1.91. The molecule has 0 aliphatic heterocycles. The average molecular weight is 334 g/mol. The molecule has 2 aromatic rings. The Balaban J connectivity index is 2.49. The lowest BCUT2D eigenvalue weighted by molar-refractivity contribution is 0.0696. The fourth-order valence-corrected chi connectivity index (χ4v) is 3.26. The topological polar surface area (TPSA) is 98.5 Å². The molecule has 0 aromatic heterocycles. The number of hydrogen-bond acceptors (Lipinski definition) is 4. The predicted molar refractivity (Wildman–Crippen MR) is 79.9 cm³/mol. The molecule has 0 bridgehead atoms. The minimum absolute atomic E-state index is 0.00820. The molecule has 0 saturated heterocycles. The van der Waals surface area contributed by atoms with Crippen LogP contribution in [0.5, 0.6) is 0 Å². The van der Waals surface area contributed by atoms with Crippen molar-refractivity contribution >= 4 is 21.7 Å². The molecule has 0 radical (unpaired) electrons. The minimum Gasteiger partial charge on any atom is -0.478 e. The first-order chi connectivity index (χ1) is 10.9. The van der Waals surface area contributed by atoms with E-state index in [1.807, 2.05) is 0 Å². The van der Waals surface area contributed by atoms with Crippen molar-refractivity contribution in [1.82, 2.24) is 0 Å². The van der Waals surface area contributed by atoms with Crippen molar-refractivity contribution in [3.63, 3.8) is 0 Å². The normalized spacial score (nSPS) is 10.8. The molecule has 6 nitrogen and oxygen atoms in total. The molecule has 2 aromatic carbocycles. The Morgan fingerprint density at radius 2 is 1.87 bits per heavy atom. The number of nitrogens with zero attached hydrogens (tertiary/aromatic N) is 2. The van der Waals surface area contributed by atoms with Gasteiger partial charge in [0.05, 0.1) is 22.2 Å². The average Bonchev–Trinajstić information content (AvgIpc) is 2.52. The van der Waals surface area contributed by atoms with Crippen molar-refractivity contribution in [2.75, 3.05) is 10.8 Å². The van der Waals surface area contributed by atoms with Gasteiger partial charge in [0.25, 0.3) is 10.0 Å². The number of rotatable bonds is 5. The molecule has 8 heteroatoms. The summed E-state index contributed by atoms with van der Waals surface area (Å²) in [4.78, 5) is 10.6. The van der Waals surface area contributed by atoms with Gasteiger partial charge < -0.3 is 5.11 Å². The number of carbonyl (C=O) groups is 1. The van der Waals surface area contributed by atoms with Crippen molar-refractivity contribution in [3.05, 3.63) is 59.9 Å². The van der Waals surface area contributed by atoms with E-state index in [1.165, 1.54) is 12.1 Å². The Labute approximate surface area is 132 Å². The van der Waals surface area contributed by atoms with Crippen molar-refractivity contribution < 1.29 is 22.7 Å². The SMILES string of the molecule is N#CCN(c1cccc(F)c1)S(=O)(=O)c1ccc(C(=O)O)cc1. The second-order valence-corrected chi connectivity index (χ2v) is 6.34. The fraction of sp³-hybridized carbons (Fsp3) is 0.0667. The summed E-state index contributed by atoms with van der Waals surface area (Å²) in [5.41, 5.74) is -0.0598. The first-order valence-corrected chi connectivity index (χ1v) is 7.79. The highest BCUT2D eigenvalue weighted by atomic mass is 32.2. The van der Waals surface area contributed by atoms with Gasteiger partial charge in [0.15, 0.2) is 0 Å². The molecule has 0 unspecified atom stereocenters. The number of anilines is 1. The van der Waals surface area contributed by atoms with E-state index >= 15 is 0 Å². The number of hydrogen-bond donors (Lipinski definition) is 1. The number of nitriles is 1. The first-order valence-electron chi connectivity index (χ1n) is 6.35. The number of sulfonamides is 1. The van der Waals surface area contributed by atoms with Gasteiger partial charge in [-0.1, -0.05) is 6.07 Å². The third kappa shape index (κ3) is 3.46. The van der Waals surface area contributed by atoms with Crippen LogP contribution in [0.2, 0.25) is 0 Å². The van der Waals surface area contributed by atoms with E-state index in [0.29, 0.717) is 0 Å². The molecule has 0 saturated carbocycles. The van der Waals surface area contributed by atoms with E-state index in [9.17, 15) is 17.6 Å². The Morgan fingerprint density at radius 3 is 2.39 bits per heavy atom. The van der Waals surface area contributed by atoms with E-state index in [1.54, 1.807) is 6.07 Å². The molecule has 0 aliphatic rings. The maximum Gasteiger partial charge on any atom is 0.335 e. The quantitative estimate of drug-likeness (QED) is 0.846. The Morgan fingerprint density at radius 1 is 1.22 bits per heavy atom. The lowest BCUT2D eigenvalue weighted by atomic mass is 10.2. The van der Waals surface area contributed by atoms with Gasteiger partial charge >= 0.3 is 5.97 Å². The van der Waals surface area contributed by atoms with E-state index < -0.39 is 28.4 Å². The number of benzene rings is 2. The number of halogens is 1. The molecular weight excluding hydrogens is 323 g/mol. The van der Waals surface area contributed by atoms with Crippen molar-refractivity contribution in [1.29, 1.82) is 5.26 Å². The Hall–Kier alpha value is -2.92. The first kappa shape index (κ1) is 16.5. The molecule has 0 amide bonds. The van der Waals surface area contributed by atoms with E-state index in [-0.39, 0.29) is 16.1 Å². The molecule has 0 fully saturated rings. The van der Waals surface area contributed by atoms with Crippen LogP contribution in [0, 0.1) is 17.1 Å². The third-order valence-corrected chi connectivity index (χ3v) is 4.79. The molecule has 0 spiro atoms. The van der Waals surface area contributed by atoms with Crippen molar-refractivity contribution in [3.8, 4) is 6.07 Å². The molecule has 0 heterocycles. The van der Waals surface area contributed by atoms with Crippen LogP contribution in [0.25, 0.3) is 0 Å². The molecule has 118 valence electrons. The smallest absolute Gasteiger partial charge is 0.335 e. The maximum atomic E-state index is 13.3. The van der Waals surface area contributed by atoms with Crippen LogP contribution >= 0.6 is 0 Å². The lowest BCUT2D eigenvalue weighted by Crippen LogP contribution is -2.31. The summed E-state index contributed by atoms with van der Waals surface area (Å²) in [5, 5.41) is 17.7. The molecule has 0 aliphatic carbocycles. The van der Waals surface area contributed by atoms with Gasteiger partial charge in [-0.3, -0.25) is 4.31 Å². The van der Waals surface area contributed by atoms with Crippen LogP contribution in [0.15, 0.2) is 53.4 Å². The summed E-state index contributed by atoms with van der Waals surface area (Å²) in [5.74, 6) is -1.82. The highest BCUT2D eigenvalue weighted by Crippen LogP contribution is 2.24. The Bertz CT molecular complexity index is 873. The van der Waals surface area contributed by atoms with Crippen LogP contribution in [0.1, 0.15) is 10.4 Å². The molecular formula is C15H11FN2O4S. The summed E-state index contributed by atoms with van der Waals surface area (Å²) in [6, 6.07) is 11.1. The molecule has 0 atom stereocenters. The van der Waals surface area contributed by atoms with E-state index in [4.69, 9.17) is 10.4 Å². The molecule has 2 rings (SSSR count). The van der Waals surface area contributed by atoms with Gasteiger partial charge in [0.1, 0.15) is 12.4 Å². The van der Waals surface area contributed by atoms with Gasteiger partial charge in [0, 0.05) is 0 Å². The van der Waals surface area contributed by atoms with Crippen LogP contribution in [0.4, 0.5) is 10.1 Å².